The van der Waals surface area contributed by atoms with Crippen molar-refractivity contribution in [3.63, 3.8) is 0 Å². The van der Waals surface area contributed by atoms with E-state index in [2.05, 4.69) is 33.0 Å². The number of nitrogens with one attached hydrogen (secondary N) is 1. The lowest BCUT2D eigenvalue weighted by molar-refractivity contribution is 0.398. The molecule has 20 heavy (non-hydrogen) atoms. The van der Waals surface area contributed by atoms with E-state index in [0.717, 1.165) is 38.0 Å². The normalized spacial score (nSPS) is 10.8. The lowest BCUT2D eigenvalue weighted by atomic mass is 10.0. The van der Waals surface area contributed by atoms with Crippen LogP contribution in [-0.2, 0) is 0 Å². The van der Waals surface area contributed by atoms with Gasteiger partial charge in [-0.1, -0.05) is 28.1 Å². The Morgan fingerprint density at radius 2 is 1.75 bits per heavy atom. The Kier molecular flexibility index (Phi) is 3.40. The first kappa shape index (κ1) is 13.1. The van der Waals surface area contributed by atoms with Gasteiger partial charge in [-0.15, -0.1) is 0 Å². The third-order valence-corrected chi connectivity index (χ3v) is 3.86. The maximum Gasteiger partial charge on any atom is 0.132 e. The summed E-state index contributed by atoms with van der Waals surface area (Å²) >= 11 is 3.46. The van der Waals surface area contributed by atoms with Gasteiger partial charge in [0.1, 0.15) is 11.5 Å². The number of aromatic nitrogens is 1. The number of rotatable bonds is 3. The summed E-state index contributed by atoms with van der Waals surface area (Å²) in [5, 5.41) is 1.07. The van der Waals surface area contributed by atoms with Crippen molar-refractivity contribution in [1.82, 2.24) is 4.98 Å². The molecule has 4 heteroatoms. The molecular formula is C16H14BrNO2. The second-order valence-electron chi connectivity index (χ2n) is 4.46. The minimum Gasteiger partial charge on any atom is -0.497 e. The number of aromatic amines is 1. The van der Waals surface area contributed by atoms with Crippen LogP contribution in [0.1, 0.15) is 0 Å². The molecule has 0 fully saturated rings. The molecule has 0 atom stereocenters. The highest BCUT2D eigenvalue weighted by Gasteiger charge is 2.13. The van der Waals surface area contributed by atoms with Crippen LogP contribution in [0.4, 0.5) is 0 Å². The van der Waals surface area contributed by atoms with Crippen molar-refractivity contribution in [3.05, 3.63) is 47.1 Å². The molecule has 0 unspecified atom stereocenters. The summed E-state index contributed by atoms with van der Waals surface area (Å²) in [6.45, 7) is 0. The fraction of sp³-hybridized carbons (Fsp3) is 0.125. The monoisotopic (exact) mass is 331 g/mol. The highest BCUT2D eigenvalue weighted by Crippen LogP contribution is 2.38. The first-order valence-electron chi connectivity index (χ1n) is 6.22. The summed E-state index contributed by atoms with van der Waals surface area (Å²) in [5.41, 5.74) is 3.26. The standard InChI is InChI=1S/C16H14BrNO2/c1-19-12-7-14-16(15(8-12)20-2)13(9-18-14)10-3-5-11(17)6-4-10/h3-9,18H,1-2H3. The molecular weight excluding hydrogens is 318 g/mol. The van der Waals surface area contributed by atoms with E-state index in [1.54, 1.807) is 14.2 Å². The molecule has 0 saturated heterocycles. The molecule has 1 aromatic heterocycles. The van der Waals surface area contributed by atoms with Crippen molar-refractivity contribution >= 4 is 26.8 Å². The van der Waals surface area contributed by atoms with E-state index in [1.807, 2.05) is 30.5 Å². The maximum absolute atomic E-state index is 5.50. The molecule has 102 valence electrons. The highest BCUT2D eigenvalue weighted by atomic mass is 79.9. The van der Waals surface area contributed by atoms with E-state index in [9.17, 15) is 0 Å². The van der Waals surface area contributed by atoms with Crippen molar-refractivity contribution < 1.29 is 9.47 Å². The Hall–Kier alpha value is -1.94. The van der Waals surface area contributed by atoms with Gasteiger partial charge in [0.25, 0.3) is 0 Å². The van der Waals surface area contributed by atoms with Crippen molar-refractivity contribution in [2.24, 2.45) is 0 Å². The van der Waals surface area contributed by atoms with E-state index < -0.39 is 0 Å². The molecule has 0 bridgehead atoms. The third-order valence-electron chi connectivity index (χ3n) is 3.33. The van der Waals surface area contributed by atoms with Gasteiger partial charge in [0.2, 0.25) is 0 Å². The zero-order valence-corrected chi connectivity index (χ0v) is 12.8. The number of methoxy groups -OCH3 is 2. The summed E-state index contributed by atoms with van der Waals surface area (Å²) in [4.78, 5) is 3.28. The molecule has 0 aliphatic heterocycles. The fourth-order valence-electron chi connectivity index (χ4n) is 2.34. The molecule has 0 aliphatic rings. The van der Waals surface area contributed by atoms with E-state index in [-0.39, 0.29) is 0 Å². The Morgan fingerprint density at radius 3 is 2.40 bits per heavy atom. The first-order chi connectivity index (χ1) is 9.72. The molecule has 0 saturated carbocycles. The summed E-state index contributed by atoms with van der Waals surface area (Å²) < 4.78 is 11.9. The summed E-state index contributed by atoms with van der Waals surface area (Å²) in [6.07, 6.45) is 2.00. The molecule has 0 spiro atoms. The van der Waals surface area contributed by atoms with E-state index >= 15 is 0 Å². The maximum atomic E-state index is 5.50. The second kappa shape index (κ2) is 5.21. The van der Waals surface area contributed by atoms with E-state index in [4.69, 9.17) is 9.47 Å². The van der Waals surface area contributed by atoms with Gasteiger partial charge in [-0.2, -0.15) is 0 Å². The molecule has 1 N–H and O–H groups in total. The summed E-state index contributed by atoms with van der Waals surface area (Å²) in [6, 6.07) is 12.1. The first-order valence-corrected chi connectivity index (χ1v) is 7.01. The smallest absolute Gasteiger partial charge is 0.132 e. The minimum absolute atomic E-state index is 0.776. The van der Waals surface area contributed by atoms with Gasteiger partial charge in [0, 0.05) is 33.8 Å². The van der Waals surface area contributed by atoms with Gasteiger partial charge in [0.15, 0.2) is 0 Å². The predicted molar refractivity (Wildman–Crippen MR) is 84.5 cm³/mol. The van der Waals surface area contributed by atoms with Crippen LogP contribution in [0.3, 0.4) is 0 Å². The van der Waals surface area contributed by atoms with Crippen LogP contribution in [0.5, 0.6) is 11.5 Å². The lowest BCUT2D eigenvalue weighted by Crippen LogP contribution is -1.88. The predicted octanol–water partition coefficient (Wildman–Crippen LogP) is 4.61. The summed E-state index contributed by atoms with van der Waals surface area (Å²) in [5.74, 6) is 1.58. The van der Waals surface area contributed by atoms with Crippen LogP contribution in [0.15, 0.2) is 47.1 Å². The molecule has 2 aromatic carbocycles. The van der Waals surface area contributed by atoms with Crippen LogP contribution in [0.2, 0.25) is 0 Å². The lowest BCUT2D eigenvalue weighted by Gasteiger charge is -2.08. The van der Waals surface area contributed by atoms with Crippen molar-refractivity contribution in [3.8, 4) is 22.6 Å². The third kappa shape index (κ3) is 2.16. The molecule has 0 amide bonds. The molecule has 3 aromatic rings. The molecule has 0 aliphatic carbocycles. The number of benzene rings is 2. The summed E-state index contributed by atoms with van der Waals surface area (Å²) in [7, 11) is 3.33. The average Bonchev–Trinajstić information content (AvgIpc) is 2.91. The molecule has 3 rings (SSSR count). The van der Waals surface area contributed by atoms with Gasteiger partial charge < -0.3 is 14.5 Å². The van der Waals surface area contributed by atoms with Gasteiger partial charge >= 0.3 is 0 Å². The van der Waals surface area contributed by atoms with E-state index in [0.29, 0.717) is 0 Å². The van der Waals surface area contributed by atoms with Crippen LogP contribution >= 0.6 is 15.9 Å². The quantitative estimate of drug-likeness (QED) is 0.760. The number of hydrogen-bond donors (Lipinski definition) is 1. The number of ether oxygens (including phenoxy) is 2. The second-order valence-corrected chi connectivity index (χ2v) is 5.38. The van der Waals surface area contributed by atoms with Gasteiger partial charge in [-0.3, -0.25) is 0 Å². The highest BCUT2D eigenvalue weighted by molar-refractivity contribution is 9.10. The van der Waals surface area contributed by atoms with Crippen LogP contribution in [-0.4, -0.2) is 19.2 Å². The molecule has 1 heterocycles. The van der Waals surface area contributed by atoms with Crippen molar-refractivity contribution in [1.29, 1.82) is 0 Å². The number of H-pyrrole nitrogens is 1. The molecule has 0 radical (unpaired) electrons. The van der Waals surface area contributed by atoms with Gasteiger partial charge in [0.05, 0.1) is 19.7 Å². The number of fused-ring (bicyclic) bond motifs is 1. The SMILES string of the molecule is COc1cc(OC)c2c(-c3ccc(Br)cc3)c[nH]c2c1. The topological polar surface area (TPSA) is 34.2 Å². The van der Waals surface area contributed by atoms with E-state index in [1.165, 1.54) is 0 Å². The van der Waals surface area contributed by atoms with Gasteiger partial charge in [-0.25, -0.2) is 0 Å². The minimum atomic E-state index is 0.776. The Labute approximate surface area is 125 Å². The Morgan fingerprint density at radius 1 is 1.00 bits per heavy atom. The van der Waals surface area contributed by atoms with Crippen molar-refractivity contribution in [2.75, 3.05) is 14.2 Å². The Balaban J connectivity index is 2.24. The van der Waals surface area contributed by atoms with Crippen molar-refractivity contribution in [2.45, 2.75) is 0 Å². The number of hydrogen-bond acceptors (Lipinski definition) is 2. The largest absolute Gasteiger partial charge is 0.497 e. The average molecular weight is 332 g/mol. The number of halogens is 1. The zero-order chi connectivity index (χ0) is 14.1. The zero-order valence-electron chi connectivity index (χ0n) is 11.2. The van der Waals surface area contributed by atoms with Crippen LogP contribution in [0.25, 0.3) is 22.0 Å². The fourth-order valence-corrected chi connectivity index (χ4v) is 2.60. The van der Waals surface area contributed by atoms with Crippen LogP contribution in [0, 0.1) is 0 Å². The molecule has 3 nitrogen and oxygen atoms in total. The van der Waals surface area contributed by atoms with Gasteiger partial charge in [-0.05, 0) is 17.7 Å². The van der Waals surface area contributed by atoms with Crippen LogP contribution < -0.4 is 9.47 Å². The Bertz CT molecular complexity index is 747.